The van der Waals surface area contributed by atoms with Crippen molar-refractivity contribution in [3.63, 3.8) is 0 Å². The van der Waals surface area contributed by atoms with Gasteiger partial charge in [0.2, 0.25) is 5.91 Å². The van der Waals surface area contributed by atoms with Gasteiger partial charge in [0.05, 0.1) is 6.54 Å². The summed E-state index contributed by atoms with van der Waals surface area (Å²) >= 11 is 0. The molecule has 1 amide bonds. The van der Waals surface area contributed by atoms with E-state index in [0.717, 1.165) is 43.6 Å². The van der Waals surface area contributed by atoms with Gasteiger partial charge >= 0.3 is 0 Å². The number of amides is 1. The fourth-order valence-corrected chi connectivity index (χ4v) is 3.91. The Morgan fingerprint density at radius 1 is 1.08 bits per heavy atom. The van der Waals surface area contributed by atoms with Crippen LogP contribution in [0.1, 0.15) is 34.3 Å². The van der Waals surface area contributed by atoms with Crippen LogP contribution in [-0.2, 0) is 4.79 Å². The van der Waals surface area contributed by atoms with Crippen molar-refractivity contribution >= 4 is 11.7 Å². The predicted molar refractivity (Wildman–Crippen MR) is 103 cm³/mol. The zero-order valence-corrected chi connectivity index (χ0v) is 15.8. The van der Waals surface area contributed by atoms with Gasteiger partial charge in [-0.25, -0.2) is 0 Å². The van der Waals surface area contributed by atoms with Crippen LogP contribution in [0.25, 0.3) is 0 Å². The van der Waals surface area contributed by atoms with Gasteiger partial charge in [0, 0.05) is 31.2 Å². The molecule has 3 rings (SSSR count). The molecule has 0 aromatic heterocycles. The summed E-state index contributed by atoms with van der Waals surface area (Å²) in [6, 6.07) is 5.85. The van der Waals surface area contributed by atoms with E-state index in [4.69, 9.17) is 0 Å². The Morgan fingerprint density at radius 2 is 1.77 bits per heavy atom. The van der Waals surface area contributed by atoms with Gasteiger partial charge in [0.1, 0.15) is 6.04 Å². The number of piperazine rings is 1. The van der Waals surface area contributed by atoms with Crippen LogP contribution in [-0.4, -0.2) is 67.9 Å². The molecule has 2 heterocycles. The highest BCUT2D eigenvalue weighted by molar-refractivity contribution is 6.02. The lowest BCUT2D eigenvalue weighted by Gasteiger charge is -2.36. The van der Waals surface area contributed by atoms with E-state index in [0.29, 0.717) is 31.2 Å². The van der Waals surface area contributed by atoms with E-state index in [1.807, 2.05) is 26.0 Å². The maximum Gasteiger partial charge on any atom is 0.237 e. The van der Waals surface area contributed by atoms with Crippen molar-refractivity contribution in [1.82, 2.24) is 20.9 Å². The fourth-order valence-electron chi connectivity index (χ4n) is 3.91. The zero-order chi connectivity index (χ0) is 18.5. The molecular formula is C20H30N4O2. The minimum Gasteiger partial charge on any atom is -0.329 e. The Morgan fingerprint density at radius 3 is 2.46 bits per heavy atom. The maximum absolute atomic E-state index is 13.1. The molecule has 6 heteroatoms. The summed E-state index contributed by atoms with van der Waals surface area (Å²) in [6.45, 7) is 8.11. The maximum atomic E-state index is 13.1. The number of ketones is 1. The van der Waals surface area contributed by atoms with E-state index in [1.54, 1.807) is 4.90 Å². The summed E-state index contributed by atoms with van der Waals surface area (Å²) in [6.07, 6.45) is 2.08. The molecule has 2 saturated heterocycles. The van der Waals surface area contributed by atoms with Crippen LogP contribution in [0.2, 0.25) is 0 Å². The van der Waals surface area contributed by atoms with E-state index in [2.05, 4.69) is 22.0 Å². The lowest BCUT2D eigenvalue weighted by molar-refractivity contribution is -0.132. The molecule has 2 fully saturated rings. The lowest BCUT2D eigenvalue weighted by Crippen LogP contribution is -2.59. The Hall–Kier alpha value is -1.76. The van der Waals surface area contributed by atoms with Crippen LogP contribution in [0, 0.1) is 13.8 Å². The summed E-state index contributed by atoms with van der Waals surface area (Å²) in [7, 11) is 0. The average Bonchev–Trinajstić information content (AvgIpc) is 2.65. The molecule has 1 aromatic rings. The van der Waals surface area contributed by atoms with Crippen LogP contribution < -0.4 is 16.0 Å². The molecular weight excluding hydrogens is 328 g/mol. The van der Waals surface area contributed by atoms with Gasteiger partial charge in [0.25, 0.3) is 0 Å². The highest BCUT2D eigenvalue weighted by Gasteiger charge is 2.32. The molecule has 0 radical (unpaired) electrons. The second-order valence-corrected chi connectivity index (χ2v) is 7.45. The third kappa shape index (κ3) is 4.69. The third-order valence-electron chi connectivity index (χ3n) is 5.25. The molecule has 0 bridgehead atoms. The van der Waals surface area contributed by atoms with Crippen molar-refractivity contribution in [3.8, 4) is 0 Å². The third-order valence-corrected chi connectivity index (χ3v) is 5.25. The van der Waals surface area contributed by atoms with Crippen molar-refractivity contribution in [3.05, 3.63) is 34.9 Å². The number of carbonyl (C=O) groups excluding carboxylic acids is 2. The highest BCUT2D eigenvalue weighted by atomic mass is 16.2. The monoisotopic (exact) mass is 358 g/mol. The van der Waals surface area contributed by atoms with Crippen LogP contribution >= 0.6 is 0 Å². The van der Waals surface area contributed by atoms with Gasteiger partial charge in [-0.3, -0.25) is 9.59 Å². The van der Waals surface area contributed by atoms with Gasteiger partial charge in [-0.1, -0.05) is 17.2 Å². The number of carbonyl (C=O) groups is 2. The molecule has 6 nitrogen and oxygen atoms in total. The van der Waals surface area contributed by atoms with Gasteiger partial charge in [0.15, 0.2) is 5.78 Å². The first kappa shape index (κ1) is 19.0. The first-order chi connectivity index (χ1) is 12.5. The van der Waals surface area contributed by atoms with E-state index in [1.165, 1.54) is 0 Å². The van der Waals surface area contributed by atoms with Crippen molar-refractivity contribution in [1.29, 1.82) is 0 Å². The first-order valence-electron chi connectivity index (χ1n) is 9.61. The number of benzene rings is 1. The number of nitrogens with zero attached hydrogens (tertiary/aromatic N) is 1. The van der Waals surface area contributed by atoms with Crippen molar-refractivity contribution in [2.75, 3.05) is 39.3 Å². The molecule has 3 N–H and O–H groups in total. The molecule has 1 aromatic carbocycles. The highest BCUT2D eigenvalue weighted by Crippen LogP contribution is 2.15. The van der Waals surface area contributed by atoms with Gasteiger partial charge in [-0.05, 0) is 51.9 Å². The number of rotatable bonds is 5. The molecule has 26 heavy (non-hydrogen) atoms. The Labute approximate surface area is 155 Å². The quantitative estimate of drug-likeness (QED) is 0.674. The Kier molecular flexibility index (Phi) is 6.40. The van der Waals surface area contributed by atoms with Gasteiger partial charge < -0.3 is 20.9 Å². The van der Waals surface area contributed by atoms with Gasteiger partial charge in [-0.2, -0.15) is 0 Å². The fraction of sp³-hybridized carbons (Fsp3) is 0.600. The number of piperidine rings is 1. The van der Waals surface area contributed by atoms with Crippen molar-refractivity contribution in [2.24, 2.45) is 0 Å². The minimum absolute atomic E-state index is 0.0211. The van der Waals surface area contributed by atoms with E-state index < -0.39 is 6.04 Å². The summed E-state index contributed by atoms with van der Waals surface area (Å²) in [5.74, 6) is 0.0481. The number of Topliss-reactive ketones (excluding diaryl/α,β-unsaturated/α-hetero) is 1. The van der Waals surface area contributed by atoms with Crippen LogP contribution in [0.3, 0.4) is 0 Å². The summed E-state index contributed by atoms with van der Waals surface area (Å²) < 4.78 is 0. The lowest BCUT2D eigenvalue weighted by atomic mass is 9.97. The standard InChI is InChI=1S/C20H30N4O2/c1-14-9-15(2)11-16(10-14)20(26)18-12-22-7-8-24(18)19(25)13-23-17-3-5-21-6-4-17/h9-11,17-18,21-23H,3-8,12-13H2,1-2H3. The Bertz CT molecular complexity index is 635. The number of hydrogen-bond acceptors (Lipinski definition) is 5. The van der Waals surface area contributed by atoms with E-state index in [-0.39, 0.29) is 11.7 Å². The molecule has 142 valence electrons. The number of hydrogen-bond donors (Lipinski definition) is 3. The summed E-state index contributed by atoms with van der Waals surface area (Å²) in [5.41, 5.74) is 2.84. The second-order valence-electron chi connectivity index (χ2n) is 7.45. The molecule has 1 atom stereocenters. The largest absolute Gasteiger partial charge is 0.329 e. The Balaban J connectivity index is 1.66. The summed E-state index contributed by atoms with van der Waals surface area (Å²) in [5, 5.41) is 9.96. The van der Waals surface area contributed by atoms with E-state index >= 15 is 0 Å². The predicted octanol–water partition coefficient (Wildman–Crippen LogP) is 0.628. The van der Waals surface area contributed by atoms with Crippen molar-refractivity contribution in [2.45, 2.75) is 38.8 Å². The smallest absolute Gasteiger partial charge is 0.237 e. The topological polar surface area (TPSA) is 73.5 Å². The zero-order valence-electron chi connectivity index (χ0n) is 15.8. The summed E-state index contributed by atoms with van der Waals surface area (Å²) in [4.78, 5) is 27.6. The molecule has 0 spiro atoms. The molecule has 0 saturated carbocycles. The second kappa shape index (κ2) is 8.75. The molecule has 0 aliphatic carbocycles. The van der Waals surface area contributed by atoms with Crippen molar-refractivity contribution < 1.29 is 9.59 Å². The minimum atomic E-state index is -0.424. The molecule has 2 aliphatic rings. The molecule has 1 unspecified atom stereocenters. The van der Waals surface area contributed by atoms with Crippen LogP contribution in [0.15, 0.2) is 18.2 Å². The van der Waals surface area contributed by atoms with Crippen LogP contribution in [0.4, 0.5) is 0 Å². The van der Waals surface area contributed by atoms with Gasteiger partial charge in [-0.15, -0.1) is 0 Å². The SMILES string of the molecule is Cc1cc(C)cc(C(=O)C2CNCCN2C(=O)CNC2CCNCC2)c1. The number of nitrogens with one attached hydrogen (secondary N) is 3. The van der Waals surface area contributed by atoms with E-state index in [9.17, 15) is 9.59 Å². The number of aryl methyl sites for hydroxylation is 2. The first-order valence-corrected chi connectivity index (χ1v) is 9.61. The van der Waals surface area contributed by atoms with Crippen LogP contribution in [0.5, 0.6) is 0 Å². The molecule has 2 aliphatic heterocycles. The average molecular weight is 358 g/mol. The normalized spacial score (nSPS) is 21.6.